The highest BCUT2D eigenvalue weighted by atomic mass is 32.1. The van der Waals surface area contributed by atoms with Crippen LogP contribution in [0, 0.1) is 0 Å². The third-order valence-corrected chi connectivity index (χ3v) is 5.96. The Morgan fingerprint density at radius 1 is 1.10 bits per heavy atom. The number of aliphatic carboxylic acids is 1. The number of hydrogen-bond acceptors (Lipinski definition) is 5. The fourth-order valence-corrected chi connectivity index (χ4v) is 4.21. The molecule has 0 aromatic carbocycles. The summed E-state index contributed by atoms with van der Waals surface area (Å²) in [4.78, 5) is 40.0. The highest BCUT2D eigenvalue weighted by Crippen LogP contribution is 2.19. The van der Waals surface area contributed by atoms with E-state index >= 15 is 0 Å². The summed E-state index contributed by atoms with van der Waals surface area (Å²) in [6.45, 7) is 3.02. The normalized spacial score (nSPS) is 11.6. The Labute approximate surface area is 178 Å². The van der Waals surface area contributed by atoms with E-state index in [0.29, 0.717) is 19.5 Å². The molecule has 0 aliphatic heterocycles. The van der Waals surface area contributed by atoms with Gasteiger partial charge in [-0.2, -0.15) is 0 Å². The standard InChI is InChI=1S/C20H27N3O4S2/c1-2-3-8-17(22-20(27)21-10-9-18(24)25)19(26)23(13-15-6-4-11-28-15)14-16-7-5-12-29-16/h4-7,11-12,17H,2-3,8-10,13-14H2,1H3,(H,24,25)(H2,21,22,27)/t17-/m0/s1. The number of carboxylic acid groups (broad SMARTS) is 1. The summed E-state index contributed by atoms with van der Waals surface area (Å²) in [6.07, 6.45) is 2.08. The number of hydrogen-bond donors (Lipinski definition) is 3. The van der Waals surface area contributed by atoms with E-state index in [0.717, 1.165) is 22.6 Å². The van der Waals surface area contributed by atoms with Gasteiger partial charge in [0.15, 0.2) is 0 Å². The highest BCUT2D eigenvalue weighted by Gasteiger charge is 2.26. The van der Waals surface area contributed by atoms with Crippen LogP contribution >= 0.6 is 22.7 Å². The van der Waals surface area contributed by atoms with Crippen LogP contribution in [0.4, 0.5) is 4.79 Å². The molecule has 2 aromatic rings. The molecule has 29 heavy (non-hydrogen) atoms. The SMILES string of the molecule is CCCC[C@H](NC(=O)NCCC(=O)O)C(=O)N(Cc1cccs1)Cc1cccs1. The number of amides is 3. The van der Waals surface area contributed by atoms with Crippen LogP contribution in [0.25, 0.3) is 0 Å². The first-order valence-electron chi connectivity index (χ1n) is 9.59. The number of carboxylic acids is 1. The van der Waals surface area contributed by atoms with E-state index in [-0.39, 0.29) is 18.9 Å². The Kier molecular flexibility index (Phi) is 9.66. The molecule has 2 heterocycles. The molecule has 7 nitrogen and oxygen atoms in total. The molecule has 0 spiro atoms. The second-order valence-corrected chi connectivity index (χ2v) is 8.66. The summed E-state index contributed by atoms with van der Waals surface area (Å²) in [5.41, 5.74) is 0. The van der Waals surface area contributed by atoms with Gasteiger partial charge in [-0.25, -0.2) is 4.79 Å². The fourth-order valence-electron chi connectivity index (χ4n) is 2.77. The second kappa shape index (κ2) is 12.2. The van der Waals surface area contributed by atoms with Gasteiger partial charge < -0.3 is 20.6 Å². The molecule has 0 aliphatic rings. The summed E-state index contributed by atoms with van der Waals surface area (Å²) < 4.78 is 0. The van der Waals surface area contributed by atoms with Crippen molar-refractivity contribution < 1.29 is 19.5 Å². The molecule has 3 N–H and O–H groups in total. The van der Waals surface area contributed by atoms with E-state index < -0.39 is 18.0 Å². The Morgan fingerprint density at radius 2 is 1.72 bits per heavy atom. The van der Waals surface area contributed by atoms with E-state index in [2.05, 4.69) is 10.6 Å². The molecule has 0 unspecified atom stereocenters. The number of carbonyl (C=O) groups excluding carboxylic acids is 2. The zero-order valence-corrected chi connectivity index (χ0v) is 18.1. The van der Waals surface area contributed by atoms with Crippen molar-refractivity contribution in [1.29, 1.82) is 0 Å². The van der Waals surface area contributed by atoms with Gasteiger partial charge in [0.05, 0.1) is 19.5 Å². The molecular formula is C20H27N3O4S2. The van der Waals surface area contributed by atoms with Crippen molar-refractivity contribution >= 4 is 40.6 Å². The Bertz CT molecular complexity index is 727. The molecule has 0 fully saturated rings. The lowest BCUT2D eigenvalue weighted by molar-refractivity contribution is -0.137. The number of urea groups is 1. The van der Waals surface area contributed by atoms with Crippen LogP contribution in [0.3, 0.4) is 0 Å². The molecule has 0 saturated carbocycles. The lowest BCUT2D eigenvalue weighted by Crippen LogP contribution is -2.51. The van der Waals surface area contributed by atoms with E-state index in [1.165, 1.54) is 0 Å². The van der Waals surface area contributed by atoms with Gasteiger partial charge in [-0.05, 0) is 29.3 Å². The number of nitrogens with zero attached hydrogens (tertiary/aromatic N) is 1. The van der Waals surface area contributed by atoms with Crippen LogP contribution in [0.2, 0.25) is 0 Å². The average molecular weight is 438 g/mol. The molecule has 2 rings (SSSR count). The monoisotopic (exact) mass is 437 g/mol. The lowest BCUT2D eigenvalue weighted by atomic mass is 10.1. The second-order valence-electron chi connectivity index (χ2n) is 6.59. The molecular weight excluding hydrogens is 410 g/mol. The van der Waals surface area contributed by atoms with Crippen molar-refractivity contribution in [3.63, 3.8) is 0 Å². The van der Waals surface area contributed by atoms with Gasteiger partial charge in [0.2, 0.25) is 5.91 Å². The fraction of sp³-hybridized carbons (Fsp3) is 0.450. The molecule has 158 valence electrons. The minimum absolute atomic E-state index is 0.0178. The predicted molar refractivity (Wildman–Crippen MR) is 115 cm³/mol. The van der Waals surface area contributed by atoms with Crippen molar-refractivity contribution in [3.05, 3.63) is 44.8 Å². The van der Waals surface area contributed by atoms with Crippen molar-refractivity contribution in [2.24, 2.45) is 0 Å². The van der Waals surface area contributed by atoms with Crippen molar-refractivity contribution in [2.45, 2.75) is 51.7 Å². The topological polar surface area (TPSA) is 98.7 Å². The molecule has 0 aliphatic carbocycles. The van der Waals surface area contributed by atoms with Gasteiger partial charge >= 0.3 is 12.0 Å². The van der Waals surface area contributed by atoms with Crippen molar-refractivity contribution in [3.8, 4) is 0 Å². The van der Waals surface area contributed by atoms with Crippen molar-refractivity contribution in [2.75, 3.05) is 6.54 Å². The molecule has 0 bridgehead atoms. The number of rotatable bonds is 12. The molecule has 0 saturated heterocycles. The predicted octanol–water partition coefficient (Wildman–Crippen LogP) is 3.67. The third-order valence-electron chi connectivity index (χ3n) is 4.24. The number of unbranched alkanes of at least 4 members (excludes halogenated alkanes) is 1. The summed E-state index contributed by atoms with van der Waals surface area (Å²) >= 11 is 3.19. The van der Waals surface area contributed by atoms with Crippen LogP contribution in [0.5, 0.6) is 0 Å². The molecule has 0 radical (unpaired) electrons. The zero-order chi connectivity index (χ0) is 21.1. The quantitative estimate of drug-likeness (QED) is 0.472. The minimum atomic E-state index is -0.984. The Hall–Kier alpha value is -2.39. The number of thiophene rings is 2. The largest absolute Gasteiger partial charge is 0.481 e. The number of nitrogens with one attached hydrogen (secondary N) is 2. The van der Waals surface area contributed by atoms with Gasteiger partial charge in [-0.1, -0.05) is 31.9 Å². The first kappa shape index (κ1) is 22.9. The maximum atomic E-state index is 13.3. The summed E-state index contributed by atoms with van der Waals surface area (Å²) in [6, 6.07) is 6.72. The van der Waals surface area contributed by atoms with Gasteiger partial charge in [0.25, 0.3) is 0 Å². The molecule has 1 atom stereocenters. The van der Waals surface area contributed by atoms with Gasteiger partial charge in [0.1, 0.15) is 6.04 Å². The lowest BCUT2D eigenvalue weighted by Gasteiger charge is -2.27. The average Bonchev–Trinajstić information content (AvgIpc) is 3.38. The third kappa shape index (κ3) is 8.25. The summed E-state index contributed by atoms with van der Waals surface area (Å²) in [5.74, 6) is -1.12. The first-order chi connectivity index (χ1) is 14.0. The summed E-state index contributed by atoms with van der Waals surface area (Å²) in [7, 11) is 0. The Morgan fingerprint density at radius 3 is 2.21 bits per heavy atom. The number of carbonyl (C=O) groups is 3. The highest BCUT2D eigenvalue weighted by molar-refractivity contribution is 7.10. The Balaban J connectivity index is 2.07. The molecule has 9 heteroatoms. The summed E-state index contributed by atoms with van der Waals surface area (Å²) in [5, 5.41) is 17.9. The van der Waals surface area contributed by atoms with Crippen LogP contribution in [-0.2, 0) is 22.7 Å². The smallest absolute Gasteiger partial charge is 0.315 e. The van der Waals surface area contributed by atoms with E-state index in [1.807, 2.05) is 41.9 Å². The first-order valence-corrected chi connectivity index (χ1v) is 11.3. The van der Waals surface area contributed by atoms with Crippen LogP contribution in [0.15, 0.2) is 35.0 Å². The maximum absolute atomic E-state index is 13.3. The van der Waals surface area contributed by atoms with Crippen LogP contribution < -0.4 is 10.6 Å². The van der Waals surface area contributed by atoms with Crippen LogP contribution in [-0.4, -0.2) is 40.5 Å². The molecule has 2 aromatic heterocycles. The zero-order valence-electron chi connectivity index (χ0n) is 16.4. The van der Waals surface area contributed by atoms with Gasteiger partial charge in [-0.3, -0.25) is 9.59 Å². The van der Waals surface area contributed by atoms with Crippen LogP contribution in [0.1, 0.15) is 42.4 Å². The molecule has 3 amide bonds. The maximum Gasteiger partial charge on any atom is 0.315 e. The van der Waals surface area contributed by atoms with E-state index in [9.17, 15) is 14.4 Å². The van der Waals surface area contributed by atoms with E-state index in [4.69, 9.17) is 5.11 Å². The van der Waals surface area contributed by atoms with Gasteiger partial charge in [-0.15, -0.1) is 22.7 Å². The van der Waals surface area contributed by atoms with E-state index in [1.54, 1.807) is 27.6 Å². The minimum Gasteiger partial charge on any atom is -0.481 e. The van der Waals surface area contributed by atoms with Crippen molar-refractivity contribution in [1.82, 2.24) is 15.5 Å². The van der Waals surface area contributed by atoms with Gasteiger partial charge in [0, 0.05) is 16.3 Å².